The second-order valence-electron chi connectivity index (χ2n) is 7.21. The summed E-state index contributed by atoms with van der Waals surface area (Å²) in [5.74, 6) is 3.12. The number of aromatic nitrogens is 2. The van der Waals surface area contributed by atoms with E-state index in [4.69, 9.17) is 4.74 Å². The lowest BCUT2D eigenvalue weighted by atomic mass is 9.82. The van der Waals surface area contributed by atoms with Gasteiger partial charge >= 0.3 is 0 Å². The van der Waals surface area contributed by atoms with Crippen molar-refractivity contribution in [1.29, 1.82) is 0 Å². The van der Waals surface area contributed by atoms with Crippen LogP contribution in [0, 0.1) is 11.8 Å². The Labute approximate surface area is 127 Å². The zero-order valence-electron chi connectivity index (χ0n) is 13.0. The van der Waals surface area contributed by atoms with E-state index in [1.54, 1.807) is 0 Å². The van der Waals surface area contributed by atoms with Crippen LogP contribution in [0.25, 0.3) is 0 Å². The summed E-state index contributed by atoms with van der Waals surface area (Å²) in [7, 11) is 2.06. The molecule has 4 atom stereocenters. The molecule has 1 saturated heterocycles. The molecule has 3 aliphatic rings. The highest BCUT2D eigenvalue weighted by molar-refractivity contribution is 5.03. The number of rotatable bonds is 4. The first-order chi connectivity index (χ1) is 10.3. The molecular weight excluding hydrogens is 262 g/mol. The highest BCUT2D eigenvalue weighted by atomic mass is 16.5. The zero-order valence-corrected chi connectivity index (χ0v) is 13.0. The van der Waals surface area contributed by atoms with Gasteiger partial charge in [-0.3, -0.25) is 0 Å². The van der Waals surface area contributed by atoms with Crippen molar-refractivity contribution in [3.63, 3.8) is 0 Å². The Bertz CT molecular complexity index is 482. The van der Waals surface area contributed by atoms with Crippen molar-refractivity contribution < 1.29 is 4.74 Å². The summed E-state index contributed by atoms with van der Waals surface area (Å²) in [6, 6.07) is 1.13. The van der Waals surface area contributed by atoms with Crippen LogP contribution in [0.3, 0.4) is 0 Å². The molecule has 4 rings (SSSR count). The van der Waals surface area contributed by atoms with Gasteiger partial charge in [0.1, 0.15) is 11.9 Å². The fourth-order valence-electron chi connectivity index (χ4n) is 4.34. The molecular formula is C17H27N3O. The summed E-state index contributed by atoms with van der Waals surface area (Å²) in [4.78, 5) is 4.49. The molecule has 0 radical (unpaired) electrons. The summed E-state index contributed by atoms with van der Waals surface area (Å²) in [5, 5.41) is 3.92. The lowest BCUT2D eigenvalue weighted by Gasteiger charge is -2.33. The van der Waals surface area contributed by atoms with Crippen LogP contribution in [0.4, 0.5) is 0 Å². The average Bonchev–Trinajstić information content (AvgIpc) is 3.12. The molecule has 1 aromatic rings. The fourth-order valence-corrected chi connectivity index (χ4v) is 4.34. The minimum atomic E-state index is 0.131. The van der Waals surface area contributed by atoms with Gasteiger partial charge in [-0.15, -0.1) is 0 Å². The molecule has 0 aromatic carbocycles. The van der Waals surface area contributed by atoms with Gasteiger partial charge in [-0.05, 0) is 43.9 Å². The van der Waals surface area contributed by atoms with E-state index in [0.29, 0.717) is 12.1 Å². The fraction of sp³-hybridized carbons (Fsp3) is 0.824. The Morgan fingerprint density at radius 2 is 2.10 bits per heavy atom. The normalized spacial score (nSPS) is 37.0. The van der Waals surface area contributed by atoms with E-state index in [-0.39, 0.29) is 6.10 Å². The van der Waals surface area contributed by atoms with Crippen LogP contribution in [0.15, 0.2) is 12.4 Å². The lowest BCUT2D eigenvalue weighted by Crippen LogP contribution is -2.43. The molecule has 0 unspecified atom stereocenters. The predicted molar refractivity (Wildman–Crippen MR) is 81.9 cm³/mol. The molecule has 1 aromatic heterocycles. The average molecular weight is 289 g/mol. The van der Waals surface area contributed by atoms with Crippen molar-refractivity contribution in [1.82, 2.24) is 14.9 Å². The van der Waals surface area contributed by atoms with Crippen LogP contribution < -0.4 is 5.32 Å². The highest BCUT2D eigenvalue weighted by Crippen LogP contribution is 2.44. The van der Waals surface area contributed by atoms with E-state index in [0.717, 1.165) is 30.7 Å². The molecule has 0 bridgehead atoms. The molecule has 2 saturated carbocycles. The van der Waals surface area contributed by atoms with E-state index >= 15 is 0 Å². The topological polar surface area (TPSA) is 39.1 Å². The second kappa shape index (κ2) is 5.73. The molecule has 0 spiro atoms. The van der Waals surface area contributed by atoms with Crippen molar-refractivity contribution in [3.8, 4) is 0 Å². The third kappa shape index (κ3) is 2.88. The van der Waals surface area contributed by atoms with Crippen LogP contribution in [-0.2, 0) is 11.8 Å². The largest absolute Gasteiger partial charge is 0.369 e. The number of ether oxygens (including phenoxy) is 1. The quantitative estimate of drug-likeness (QED) is 0.926. The Hall–Kier alpha value is -0.870. The first-order valence-electron chi connectivity index (χ1n) is 8.66. The standard InChI is InChI=1S/C17H27N3O/c1-20-9-8-18-17(20)16-15(7-10-21-16)19-14-4-2-3-13(11-14)12-5-6-12/h8-9,12-16,19H,2-7,10-11H2,1H3/t13-,14-,15+,16+/m1/s1. The third-order valence-corrected chi connectivity index (χ3v) is 5.66. The van der Waals surface area contributed by atoms with Crippen molar-refractivity contribution in [2.24, 2.45) is 18.9 Å². The van der Waals surface area contributed by atoms with Crippen LogP contribution in [0.1, 0.15) is 56.9 Å². The Morgan fingerprint density at radius 3 is 2.86 bits per heavy atom. The monoisotopic (exact) mass is 289 g/mol. The van der Waals surface area contributed by atoms with Gasteiger partial charge in [-0.25, -0.2) is 4.98 Å². The van der Waals surface area contributed by atoms with Gasteiger partial charge in [0, 0.05) is 38.1 Å². The van der Waals surface area contributed by atoms with E-state index in [1.807, 2.05) is 12.4 Å². The highest BCUT2D eigenvalue weighted by Gasteiger charge is 2.38. The number of hydrogen-bond donors (Lipinski definition) is 1. The third-order valence-electron chi connectivity index (χ3n) is 5.66. The van der Waals surface area contributed by atoms with Crippen LogP contribution in [0.2, 0.25) is 0 Å². The summed E-state index contributed by atoms with van der Waals surface area (Å²) in [5.41, 5.74) is 0. The van der Waals surface area contributed by atoms with Gasteiger partial charge < -0.3 is 14.6 Å². The molecule has 1 N–H and O–H groups in total. The maximum absolute atomic E-state index is 5.97. The van der Waals surface area contributed by atoms with Gasteiger partial charge in [-0.1, -0.05) is 12.8 Å². The molecule has 116 valence electrons. The molecule has 3 fully saturated rings. The van der Waals surface area contributed by atoms with Crippen molar-refractivity contribution in [3.05, 3.63) is 18.2 Å². The van der Waals surface area contributed by atoms with E-state index in [2.05, 4.69) is 21.9 Å². The SMILES string of the molecule is Cn1ccnc1[C@H]1OCC[C@@H]1N[C@@H]1CCC[C@@H](C2CC2)C1. The molecule has 2 aliphatic carbocycles. The summed E-state index contributed by atoms with van der Waals surface area (Å²) < 4.78 is 8.07. The second-order valence-corrected chi connectivity index (χ2v) is 7.21. The van der Waals surface area contributed by atoms with Crippen molar-refractivity contribution in [2.75, 3.05) is 6.61 Å². The molecule has 21 heavy (non-hydrogen) atoms. The Kier molecular flexibility index (Phi) is 3.76. The Balaban J connectivity index is 1.40. The van der Waals surface area contributed by atoms with Gasteiger partial charge in [0.05, 0.1) is 0 Å². The van der Waals surface area contributed by atoms with Gasteiger partial charge in [-0.2, -0.15) is 0 Å². The van der Waals surface area contributed by atoms with Crippen LogP contribution >= 0.6 is 0 Å². The smallest absolute Gasteiger partial charge is 0.139 e. The van der Waals surface area contributed by atoms with E-state index < -0.39 is 0 Å². The number of aryl methyl sites for hydroxylation is 1. The van der Waals surface area contributed by atoms with Crippen molar-refractivity contribution >= 4 is 0 Å². The molecule has 4 heteroatoms. The summed E-state index contributed by atoms with van der Waals surface area (Å²) >= 11 is 0. The minimum absolute atomic E-state index is 0.131. The number of nitrogens with zero attached hydrogens (tertiary/aromatic N) is 2. The van der Waals surface area contributed by atoms with Crippen LogP contribution in [0.5, 0.6) is 0 Å². The molecule has 1 aliphatic heterocycles. The van der Waals surface area contributed by atoms with E-state index in [1.165, 1.54) is 38.5 Å². The number of nitrogens with one attached hydrogen (secondary N) is 1. The first kappa shape index (κ1) is 13.8. The number of imidazole rings is 1. The van der Waals surface area contributed by atoms with Crippen LogP contribution in [-0.4, -0.2) is 28.2 Å². The van der Waals surface area contributed by atoms with Gasteiger partial charge in [0.15, 0.2) is 0 Å². The predicted octanol–water partition coefficient (Wildman–Crippen LogP) is 2.81. The molecule has 0 amide bonds. The first-order valence-corrected chi connectivity index (χ1v) is 8.66. The lowest BCUT2D eigenvalue weighted by molar-refractivity contribution is 0.0842. The zero-order chi connectivity index (χ0) is 14.2. The maximum atomic E-state index is 5.97. The van der Waals surface area contributed by atoms with Gasteiger partial charge in [0.2, 0.25) is 0 Å². The minimum Gasteiger partial charge on any atom is -0.369 e. The van der Waals surface area contributed by atoms with Crippen molar-refractivity contribution in [2.45, 2.75) is 63.1 Å². The Morgan fingerprint density at radius 1 is 1.19 bits per heavy atom. The molecule has 2 heterocycles. The van der Waals surface area contributed by atoms with Gasteiger partial charge in [0.25, 0.3) is 0 Å². The van der Waals surface area contributed by atoms with E-state index in [9.17, 15) is 0 Å². The summed E-state index contributed by atoms with van der Waals surface area (Å²) in [6.45, 7) is 0.855. The summed E-state index contributed by atoms with van der Waals surface area (Å²) in [6.07, 6.45) is 13.7. The number of hydrogen-bond acceptors (Lipinski definition) is 3. The molecule has 4 nitrogen and oxygen atoms in total. The maximum Gasteiger partial charge on any atom is 0.139 e.